The van der Waals surface area contributed by atoms with E-state index >= 15 is 0 Å². The smallest absolute Gasteiger partial charge is 0.282 e. The minimum absolute atomic E-state index is 0.165. The van der Waals surface area contributed by atoms with Gasteiger partial charge in [-0.25, -0.2) is 0 Å². The summed E-state index contributed by atoms with van der Waals surface area (Å²) < 4.78 is 25.2. The highest BCUT2D eigenvalue weighted by Crippen LogP contribution is 1.87. The van der Waals surface area contributed by atoms with Crippen LogP contribution in [0.1, 0.15) is 6.92 Å². The van der Waals surface area contributed by atoms with Crippen molar-refractivity contribution in [1.29, 1.82) is 0 Å². The van der Waals surface area contributed by atoms with Gasteiger partial charge in [0, 0.05) is 0 Å². The van der Waals surface area contributed by atoms with E-state index in [9.17, 15) is 8.42 Å². The van der Waals surface area contributed by atoms with Crippen LogP contribution < -0.4 is 5.48 Å². The maximum Gasteiger partial charge on any atom is 0.282 e. The van der Waals surface area contributed by atoms with Gasteiger partial charge in [0.25, 0.3) is 10.1 Å². The third-order valence-corrected chi connectivity index (χ3v) is 1.88. The lowest BCUT2D eigenvalue weighted by Gasteiger charge is -2.04. The molecule has 0 atom stereocenters. The van der Waals surface area contributed by atoms with Gasteiger partial charge in [0.15, 0.2) is 6.29 Å². The fourth-order valence-corrected chi connectivity index (χ4v) is 0.623. The Kier molecular flexibility index (Phi) is 4.54. The Morgan fingerprint density at radius 3 is 2.45 bits per heavy atom. The van der Waals surface area contributed by atoms with Crippen molar-refractivity contribution in [2.24, 2.45) is 0 Å². The highest BCUT2D eigenvalue weighted by Gasteiger charge is 2.07. The van der Waals surface area contributed by atoms with Gasteiger partial charge in [-0.15, -0.1) is 0 Å². The lowest BCUT2D eigenvalue weighted by Crippen LogP contribution is -2.29. The molecular weight excluding hydrogens is 174 g/mol. The molecule has 0 aliphatic carbocycles. The SMILES string of the molecule is CCS(=O)(=O)ONCC(O)O. The number of hydrogen-bond donors (Lipinski definition) is 3. The maximum absolute atomic E-state index is 10.5. The fourth-order valence-electron chi connectivity index (χ4n) is 0.257. The summed E-state index contributed by atoms with van der Waals surface area (Å²) in [6.07, 6.45) is -1.62. The van der Waals surface area contributed by atoms with E-state index in [4.69, 9.17) is 10.2 Å². The zero-order chi connectivity index (χ0) is 8.91. The molecule has 0 bridgehead atoms. The molecule has 0 aliphatic heterocycles. The third-order valence-electron chi connectivity index (χ3n) is 0.805. The van der Waals surface area contributed by atoms with Crippen LogP contribution in [0.15, 0.2) is 0 Å². The van der Waals surface area contributed by atoms with Crippen molar-refractivity contribution in [2.75, 3.05) is 12.3 Å². The van der Waals surface area contributed by atoms with Crippen molar-refractivity contribution in [3.05, 3.63) is 0 Å². The molecule has 0 unspecified atom stereocenters. The number of hydroxylamine groups is 1. The molecule has 0 aromatic heterocycles. The molecule has 0 amide bonds. The Labute approximate surface area is 64.9 Å². The van der Waals surface area contributed by atoms with E-state index in [1.165, 1.54) is 6.92 Å². The van der Waals surface area contributed by atoms with Crippen molar-refractivity contribution in [3.63, 3.8) is 0 Å². The zero-order valence-corrected chi connectivity index (χ0v) is 6.84. The fraction of sp³-hybridized carbons (Fsp3) is 1.00. The lowest BCUT2D eigenvalue weighted by molar-refractivity contribution is -0.0530. The van der Waals surface area contributed by atoms with Crippen LogP contribution in [0.25, 0.3) is 0 Å². The minimum atomic E-state index is -3.55. The van der Waals surface area contributed by atoms with Gasteiger partial charge in [-0.05, 0) is 6.92 Å². The third kappa shape index (κ3) is 6.20. The molecule has 0 aromatic carbocycles. The Morgan fingerprint density at radius 2 is 2.09 bits per heavy atom. The molecule has 0 aliphatic rings. The number of rotatable bonds is 5. The first-order valence-corrected chi connectivity index (χ1v) is 4.56. The Balaban J connectivity index is 3.55. The van der Waals surface area contributed by atoms with Gasteiger partial charge in [-0.3, -0.25) is 0 Å². The van der Waals surface area contributed by atoms with Crippen molar-refractivity contribution in [3.8, 4) is 0 Å². The topological polar surface area (TPSA) is 95.9 Å². The van der Waals surface area contributed by atoms with Crippen LogP contribution in [0.5, 0.6) is 0 Å². The Morgan fingerprint density at radius 1 is 1.55 bits per heavy atom. The van der Waals surface area contributed by atoms with Crippen LogP contribution in [-0.4, -0.2) is 37.2 Å². The summed E-state index contributed by atoms with van der Waals surface area (Å²) in [7, 11) is -3.55. The molecule has 0 aromatic rings. The molecule has 0 radical (unpaired) electrons. The second kappa shape index (κ2) is 4.62. The summed E-state index contributed by atoms with van der Waals surface area (Å²) in [5.41, 5.74) is 1.89. The van der Waals surface area contributed by atoms with Crippen LogP contribution in [0.4, 0.5) is 0 Å². The molecule has 0 saturated carbocycles. The standard InChI is InChI=1S/C4H11NO5S/c1-2-11(8,9)10-5-3-4(6)7/h4-7H,2-3H2,1H3. The van der Waals surface area contributed by atoms with Gasteiger partial charge in [0.05, 0.1) is 12.3 Å². The average molecular weight is 185 g/mol. The van der Waals surface area contributed by atoms with E-state index in [-0.39, 0.29) is 12.3 Å². The summed E-state index contributed by atoms with van der Waals surface area (Å²) in [5, 5.41) is 16.5. The summed E-state index contributed by atoms with van der Waals surface area (Å²) in [4.78, 5) is 0. The molecule has 11 heavy (non-hydrogen) atoms. The molecule has 7 heteroatoms. The molecular formula is C4H11NO5S. The van der Waals surface area contributed by atoms with E-state index in [0.717, 1.165) is 0 Å². The minimum Gasteiger partial charge on any atom is -0.367 e. The van der Waals surface area contributed by atoms with E-state index in [1.54, 1.807) is 0 Å². The zero-order valence-electron chi connectivity index (χ0n) is 6.02. The van der Waals surface area contributed by atoms with E-state index in [1.807, 2.05) is 5.48 Å². The van der Waals surface area contributed by atoms with Gasteiger partial charge in [-0.1, -0.05) is 0 Å². The molecule has 6 nitrogen and oxygen atoms in total. The van der Waals surface area contributed by atoms with Crippen molar-refractivity contribution in [1.82, 2.24) is 5.48 Å². The number of aliphatic hydroxyl groups is 2. The van der Waals surface area contributed by atoms with E-state index in [2.05, 4.69) is 4.28 Å². The number of hydrogen-bond acceptors (Lipinski definition) is 6. The highest BCUT2D eigenvalue weighted by atomic mass is 32.2. The van der Waals surface area contributed by atoms with Crippen LogP contribution in [0.2, 0.25) is 0 Å². The van der Waals surface area contributed by atoms with Crippen LogP contribution in [0.3, 0.4) is 0 Å². The van der Waals surface area contributed by atoms with Gasteiger partial charge in [0.2, 0.25) is 0 Å². The van der Waals surface area contributed by atoms with Crippen LogP contribution in [-0.2, 0) is 14.4 Å². The first kappa shape index (κ1) is 10.8. The molecule has 0 saturated heterocycles. The van der Waals surface area contributed by atoms with Crippen molar-refractivity contribution < 1.29 is 22.9 Å². The molecule has 0 rings (SSSR count). The summed E-state index contributed by atoms with van der Waals surface area (Å²) >= 11 is 0. The summed E-state index contributed by atoms with van der Waals surface area (Å²) in [6, 6.07) is 0. The van der Waals surface area contributed by atoms with Gasteiger partial charge in [0.1, 0.15) is 0 Å². The first-order valence-electron chi connectivity index (χ1n) is 2.98. The van der Waals surface area contributed by atoms with E-state index < -0.39 is 16.4 Å². The predicted molar refractivity (Wildman–Crippen MR) is 36.8 cm³/mol. The first-order chi connectivity index (χ1) is 4.98. The maximum atomic E-state index is 10.5. The second-order valence-electron chi connectivity index (χ2n) is 1.76. The van der Waals surface area contributed by atoms with Gasteiger partial charge >= 0.3 is 0 Å². The summed E-state index contributed by atoms with van der Waals surface area (Å²) in [6.45, 7) is 1.06. The van der Waals surface area contributed by atoms with E-state index in [0.29, 0.717) is 0 Å². The molecule has 3 N–H and O–H groups in total. The van der Waals surface area contributed by atoms with Crippen molar-refractivity contribution in [2.45, 2.75) is 13.2 Å². The normalized spacial score (nSPS) is 12.4. The van der Waals surface area contributed by atoms with Crippen LogP contribution >= 0.6 is 0 Å². The lowest BCUT2D eigenvalue weighted by atomic mass is 10.7. The molecule has 68 valence electrons. The predicted octanol–water partition coefficient (Wildman–Crippen LogP) is -1.83. The molecule has 0 fully saturated rings. The highest BCUT2D eigenvalue weighted by molar-refractivity contribution is 7.86. The molecule has 0 heterocycles. The molecule has 0 spiro atoms. The largest absolute Gasteiger partial charge is 0.367 e. The van der Waals surface area contributed by atoms with Crippen molar-refractivity contribution >= 4 is 10.1 Å². The number of aliphatic hydroxyl groups excluding tert-OH is 1. The van der Waals surface area contributed by atoms with Gasteiger partial charge < -0.3 is 10.2 Å². The summed E-state index contributed by atoms with van der Waals surface area (Å²) in [5.74, 6) is -0.165. The average Bonchev–Trinajstić information content (AvgIpc) is 1.87. The number of nitrogens with one attached hydrogen (secondary N) is 1. The second-order valence-corrected chi connectivity index (χ2v) is 3.62. The Hall–Kier alpha value is -0.210. The van der Waals surface area contributed by atoms with Gasteiger partial charge in [-0.2, -0.15) is 18.2 Å². The Bertz CT molecular complexity index is 187. The van der Waals surface area contributed by atoms with Crippen LogP contribution in [0, 0.1) is 0 Å². The monoisotopic (exact) mass is 185 g/mol. The quantitative estimate of drug-likeness (QED) is 0.344.